The number of thiophene rings is 1. The quantitative estimate of drug-likeness (QED) is 0.835. The van der Waals surface area contributed by atoms with Crippen LogP contribution in [0.15, 0.2) is 35.7 Å². The Morgan fingerprint density at radius 3 is 2.65 bits per heavy atom. The van der Waals surface area contributed by atoms with Gasteiger partial charge in [0.1, 0.15) is 0 Å². The summed E-state index contributed by atoms with van der Waals surface area (Å²) in [7, 11) is 0. The molecule has 0 aliphatic heterocycles. The summed E-state index contributed by atoms with van der Waals surface area (Å²) in [5, 5.41) is 5.58. The SMILES string of the molecule is CC(C)C(NC(=O)c1ccc(Cl)cc1N)c1cccs1. The molecule has 0 saturated carbocycles. The number of nitrogen functional groups attached to an aromatic ring is 1. The van der Waals surface area contributed by atoms with Crippen molar-refractivity contribution in [3.05, 3.63) is 51.2 Å². The molecule has 0 spiro atoms. The van der Waals surface area contributed by atoms with Crippen LogP contribution >= 0.6 is 22.9 Å². The van der Waals surface area contributed by atoms with Crippen LogP contribution in [-0.4, -0.2) is 5.91 Å². The van der Waals surface area contributed by atoms with Gasteiger partial charge in [-0.25, -0.2) is 0 Å². The number of anilines is 1. The highest BCUT2D eigenvalue weighted by Gasteiger charge is 2.21. The van der Waals surface area contributed by atoms with E-state index in [0.29, 0.717) is 22.2 Å². The standard InChI is InChI=1S/C15H17ClN2OS/c1-9(2)14(13-4-3-7-20-13)18-15(19)11-6-5-10(16)8-12(11)17/h3-9,14H,17H2,1-2H3,(H,18,19). The van der Waals surface area contributed by atoms with Gasteiger partial charge >= 0.3 is 0 Å². The van der Waals surface area contributed by atoms with Crippen LogP contribution in [0.5, 0.6) is 0 Å². The van der Waals surface area contributed by atoms with Crippen molar-refractivity contribution in [1.82, 2.24) is 5.32 Å². The molecule has 1 amide bonds. The van der Waals surface area contributed by atoms with Crippen LogP contribution < -0.4 is 11.1 Å². The molecule has 0 radical (unpaired) electrons. The van der Waals surface area contributed by atoms with Gasteiger partial charge in [0, 0.05) is 15.6 Å². The lowest BCUT2D eigenvalue weighted by Gasteiger charge is -2.21. The monoisotopic (exact) mass is 308 g/mol. The van der Waals surface area contributed by atoms with Crippen LogP contribution in [0.3, 0.4) is 0 Å². The number of halogens is 1. The van der Waals surface area contributed by atoms with Gasteiger partial charge in [0.2, 0.25) is 0 Å². The van der Waals surface area contributed by atoms with E-state index >= 15 is 0 Å². The van der Waals surface area contributed by atoms with Crippen LogP contribution in [0.1, 0.15) is 35.1 Å². The molecule has 1 unspecified atom stereocenters. The van der Waals surface area contributed by atoms with E-state index in [0.717, 1.165) is 4.88 Å². The maximum atomic E-state index is 12.4. The molecule has 1 aromatic carbocycles. The zero-order valence-corrected chi connectivity index (χ0v) is 13.0. The molecule has 3 nitrogen and oxygen atoms in total. The molecule has 1 aromatic heterocycles. The average Bonchev–Trinajstić information content (AvgIpc) is 2.88. The largest absolute Gasteiger partial charge is 0.398 e. The predicted octanol–water partition coefficient (Wildman–Crippen LogP) is 4.11. The van der Waals surface area contributed by atoms with E-state index in [1.807, 2.05) is 17.5 Å². The van der Waals surface area contributed by atoms with E-state index < -0.39 is 0 Å². The first-order valence-corrected chi connectivity index (χ1v) is 7.64. The minimum Gasteiger partial charge on any atom is -0.398 e. The number of carbonyl (C=O) groups excluding carboxylic acids is 1. The molecule has 0 aliphatic rings. The third kappa shape index (κ3) is 3.32. The molecular formula is C15H17ClN2OS. The number of nitrogens with two attached hydrogens (primary N) is 1. The summed E-state index contributed by atoms with van der Waals surface area (Å²) in [5.74, 6) is 0.123. The zero-order chi connectivity index (χ0) is 14.7. The summed E-state index contributed by atoms with van der Waals surface area (Å²) in [6, 6.07) is 8.91. The second-order valence-electron chi connectivity index (χ2n) is 4.94. The van der Waals surface area contributed by atoms with E-state index in [-0.39, 0.29) is 11.9 Å². The van der Waals surface area contributed by atoms with Crippen molar-refractivity contribution in [1.29, 1.82) is 0 Å². The third-order valence-electron chi connectivity index (χ3n) is 3.06. The van der Waals surface area contributed by atoms with Crippen LogP contribution in [0.25, 0.3) is 0 Å². The van der Waals surface area contributed by atoms with Crippen molar-refractivity contribution in [3.63, 3.8) is 0 Å². The van der Waals surface area contributed by atoms with Gasteiger partial charge in [0.05, 0.1) is 11.6 Å². The Bertz CT molecular complexity index is 596. The number of benzene rings is 1. The Morgan fingerprint density at radius 1 is 1.35 bits per heavy atom. The minimum atomic E-state index is -0.175. The molecule has 2 rings (SSSR count). The lowest BCUT2D eigenvalue weighted by molar-refractivity contribution is 0.0927. The average molecular weight is 309 g/mol. The number of nitrogens with one attached hydrogen (secondary N) is 1. The van der Waals surface area contributed by atoms with Gasteiger partial charge in [-0.2, -0.15) is 0 Å². The van der Waals surface area contributed by atoms with Crippen LogP contribution in [-0.2, 0) is 0 Å². The molecule has 1 heterocycles. The lowest BCUT2D eigenvalue weighted by Crippen LogP contribution is -2.31. The topological polar surface area (TPSA) is 55.1 Å². The summed E-state index contributed by atoms with van der Waals surface area (Å²) in [5.41, 5.74) is 6.70. The Hall–Kier alpha value is -1.52. The Balaban J connectivity index is 2.21. The molecule has 0 saturated heterocycles. The molecule has 5 heteroatoms. The first-order chi connectivity index (χ1) is 9.49. The number of hydrogen-bond acceptors (Lipinski definition) is 3. The maximum absolute atomic E-state index is 12.4. The predicted molar refractivity (Wildman–Crippen MR) is 85.2 cm³/mol. The summed E-state index contributed by atoms with van der Waals surface area (Å²) < 4.78 is 0. The highest BCUT2D eigenvalue weighted by molar-refractivity contribution is 7.10. The van der Waals surface area contributed by atoms with Crippen molar-refractivity contribution < 1.29 is 4.79 Å². The van der Waals surface area contributed by atoms with Crippen molar-refractivity contribution >= 4 is 34.5 Å². The van der Waals surface area contributed by atoms with Crippen molar-refractivity contribution in [2.24, 2.45) is 5.92 Å². The summed E-state index contributed by atoms with van der Waals surface area (Å²) in [4.78, 5) is 13.5. The van der Waals surface area contributed by atoms with Crippen molar-refractivity contribution in [3.8, 4) is 0 Å². The van der Waals surface area contributed by atoms with Crippen LogP contribution in [0, 0.1) is 5.92 Å². The fourth-order valence-corrected chi connectivity index (χ4v) is 3.12. The maximum Gasteiger partial charge on any atom is 0.253 e. The number of hydrogen-bond donors (Lipinski definition) is 2. The summed E-state index contributed by atoms with van der Waals surface area (Å²) >= 11 is 7.49. The Kier molecular flexibility index (Phi) is 4.68. The van der Waals surface area contributed by atoms with E-state index in [1.165, 1.54) is 0 Å². The smallest absolute Gasteiger partial charge is 0.253 e. The normalized spacial score (nSPS) is 12.4. The highest BCUT2D eigenvalue weighted by Crippen LogP contribution is 2.27. The summed E-state index contributed by atoms with van der Waals surface area (Å²) in [6.45, 7) is 4.16. The fraction of sp³-hybridized carbons (Fsp3) is 0.267. The van der Waals surface area contributed by atoms with Crippen molar-refractivity contribution in [2.45, 2.75) is 19.9 Å². The lowest BCUT2D eigenvalue weighted by atomic mass is 10.0. The highest BCUT2D eigenvalue weighted by atomic mass is 35.5. The minimum absolute atomic E-state index is 0.0161. The molecule has 0 aliphatic carbocycles. The van der Waals surface area contributed by atoms with E-state index in [9.17, 15) is 4.79 Å². The van der Waals surface area contributed by atoms with Gasteiger partial charge in [-0.3, -0.25) is 4.79 Å². The third-order valence-corrected chi connectivity index (χ3v) is 4.25. The molecule has 0 fully saturated rings. The van der Waals surface area contributed by atoms with Crippen LogP contribution in [0.2, 0.25) is 5.02 Å². The molecule has 20 heavy (non-hydrogen) atoms. The van der Waals surface area contributed by atoms with E-state index in [4.69, 9.17) is 17.3 Å². The molecule has 2 aromatic rings. The summed E-state index contributed by atoms with van der Waals surface area (Å²) in [6.07, 6.45) is 0. The van der Waals surface area contributed by atoms with Gasteiger partial charge < -0.3 is 11.1 Å². The van der Waals surface area contributed by atoms with Gasteiger partial charge in [-0.05, 0) is 35.6 Å². The van der Waals surface area contributed by atoms with Gasteiger partial charge in [-0.15, -0.1) is 11.3 Å². The van der Waals surface area contributed by atoms with Crippen LogP contribution in [0.4, 0.5) is 5.69 Å². The van der Waals surface area contributed by atoms with Gasteiger partial charge in [0.15, 0.2) is 0 Å². The number of carbonyl (C=O) groups is 1. The van der Waals surface area contributed by atoms with Gasteiger partial charge in [-0.1, -0.05) is 31.5 Å². The van der Waals surface area contributed by atoms with Crippen molar-refractivity contribution in [2.75, 3.05) is 5.73 Å². The van der Waals surface area contributed by atoms with Gasteiger partial charge in [0.25, 0.3) is 5.91 Å². The molecular weight excluding hydrogens is 292 g/mol. The zero-order valence-electron chi connectivity index (χ0n) is 11.4. The molecule has 1 atom stereocenters. The first kappa shape index (κ1) is 14.9. The van der Waals surface area contributed by atoms with E-state index in [2.05, 4.69) is 19.2 Å². The molecule has 106 valence electrons. The fourth-order valence-electron chi connectivity index (χ4n) is 1.99. The number of rotatable bonds is 4. The second kappa shape index (κ2) is 6.29. The van der Waals surface area contributed by atoms with E-state index in [1.54, 1.807) is 29.5 Å². The Labute approximate surface area is 127 Å². The first-order valence-electron chi connectivity index (χ1n) is 6.38. The second-order valence-corrected chi connectivity index (χ2v) is 6.36. The Morgan fingerprint density at radius 2 is 2.10 bits per heavy atom. The molecule has 0 bridgehead atoms. The molecule has 3 N–H and O–H groups in total. The number of amides is 1.